The lowest BCUT2D eigenvalue weighted by Crippen LogP contribution is -1.86. The average Bonchev–Trinajstić information content (AvgIpc) is 3.44. The Labute approximate surface area is 207 Å². The summed E-state index contributed by atoms with van der Waals surface area (Å²) in [5.74, 6) is 0. The molecular formula is C36H20. The van der Waals surface area contributed by atoms with Crippen molar-refractivity contribution in [2.75, 3.05) is 0 Å². The standard InChI is InChI=1S/C36H20/c1-2-9-22(10-3-1)34-33-23(20-31-27-15-6-11-21-12-7-17-28(32(21)27)36(31)34)19-30-25-14-5-4-13-24(25)26-16-8-18-29(33)35(26)30/h1-20H. The summed E-state index contributed by atoms with van der Waals surface area (Å²) in [5, 5.41) is 18.9. The van der Waals surface area contributed by atoms with Crippen LogP contribution in [0.2, 0.25) is 0 Å². The number of hydrogen-bond acceptors (Lipinski definition) is 0. The van der Waals surface area contributed by atoms with Gasteiger partial charge in [-0.15, -0.1) is 0 Å². The Morgan fingerprint density at radius 2 is 0.806 bits per heavy atom. The number of rotatable bonds is 1. The molecule has 0 spiro atoms. The van der Waals surface area contributed by atoms with Crippen molar-refractivity contribution < 1.29 is 0 Å². The Morgan fingerprint density at radius 1 is 0.278 bits per heavy atom. The van der Waals surface area contributed by atoms with Crippen LogP contribution in [0, 0.1) is 0 Å². The van der Waals surface area contributed by atoms with Crippen molar-refractivity contribution in [1.29, 1.82) is 0 Å². The van der Waals surface area contributed by atoms with Crippen LogP contribution in [0.25, 0.3) is 86.5 Å². The van der Waals surface area contributed by atoms with E-state index in [1.807, 2.05) is 0 Å². The van der Waals surface area contributed by atoms with Gasteiger partial charge in [0.05, 0.1) is 0 Å². The lowest BCUT2D eigenvalue weighted by atomic mass is 9.88. The third kappa shape index (κ3) is 2.16. The molecule has 0 aliphatic rings. The van der Waals surface area contributed by atoms with Gasteiger partial charge < -0.3 is 0 Å². The van der Waals surface area contributed by atoms with E-state index in [0.717, 1.165) is 0 Å². The Morgan fingerprint density at radius 3 is 1.56 bits per heavy atom. The molecule has 0 fully saturated rings. The van der Waals surface area contributed by atoms with E-state index in [2.05, 4.69) is 121 Å². The van der Waals surface area contributed by atoms with Crippen LogP contribution < -0.4 is 0 Å². The van der Waals surface area contributed by atoms with Gasteiger partial charge in [-0.2, -0.15) is 0 Å². The van der Waals surface area contributed by atoms with Gasteiger partial charge in [0, 0.05) is 0 Å². The zero-order chi connectivity index (χ0) is 23.4. The Bertz CT molecular complexity index is 2280. The lowest BCUT2D eigenvalue weighted by molar-refractivity contribution is 1.69. The minimum Gasteiger partial charge on any atom is -0.0622 e. The quantitative estimate of drug-likeness (QED) is 0.217. The fraction of sp³-hybridized carbons (Fsp3) is 0. The molecule has 0 atom stereocenters. The zero-order valence-electron chi connectivity index (χ0n) is 19.5. The third-order valence-electron chi connectivity index (χ3n) is 8.29. The summed E-state index contributed by atoms with van der Waals surface area (Å²) in [7, 11) is 0. The topological polar surface area (TPSA) is 0 Å². The van der Waals surface area contributed by atoms with Crippen molar-refractivity contribution in [2.45, 2.75) is 0 Å². The minimum atomic E-state index is 1.28. The molecule has 0 saturated carbocycles. The van der Waals surface area contributed by atoms with E-state index in [1.165, 1.54) is 86.5 Å². The maximum absolute atomic E-state index is 2.45. The molecule has 0 aromatic heterocycles. The van der Waals surface area contributed by atoms with Crippen LogP contribution in [0.5, 0.6) is 0 Å². The van der Waals surface area contributed by atoms with Gasteiger partial charge in [-0.05, 0) is 98.7 Å². The zero-order valence-corrected chi connectivity index (χ0v) is 19.5. The molecule has 0 saturated heterocycles. The highest BCUT2D eigenvalue weighted by atomic mass is 14.2. The van der Waals surface area contributed by atoms with Crippen molar-refractivity contribution in [1.82, 2.24) is 0 Å². The van der Waals surface area contributed by atoms with Crippen LogP contribution in [-0.2, 0) is 0 Å². The van der Waals surface area contributed by atoms with Gasteiger partial charge in [0.1, 0.15) is 0 Å². The van der Waals surface area contributed by atoms with Crippen molar-refractivity contribution >= 4 is 75.4 Å². The van der Waals surface area contributed by atoms with Crippen molar-refractivity contribution in [3.63, 3.8) is 0 Å². The molecule has 0 amide bonds. The van der Waals surface area contributed by atoms with E-state index in [4.69, 9.17) is 0 Å². The van der Waals surface area contributed by atoms with Crippen molar-refractivity contribution in [2.24, 2.45) is 0 Å². The monoisotopic (exact) mass is 452 g/mol. The molecule has 9 aromatic rings. The van der Waals surface area contributed by atoms with E-state index in [0.29, 0.717) is 0 Å². The van der Waals surface area contributed by atoms with E-state index < -0.39 is 0 Å². The first-order valence-electron chi connectivity index (χ1n) is 12.6. The molecule has 0 nitrogen and oxygen atoms in total. The molecule has 9 aromatic carbocycles. The van der Waals surface area contributed by atoms with Gasteiger partial charge in [-0.3, -0.25) is 0 Å². The fourth-order valence-electron chi connectivity index (χ4n) is 6.94. The minimum absolute atomic E-state index is 1.28. The van der Waals surface area contributed by atoms with Crippen LogP contribution in [0.4, 0.5) is 0 Å². The van der Waals surface area contributed by atoms with E-state index >= 15 is 0 Å². The molecule has 0 heterocycles. The summed E-state index contributed by atoms with van der Waals surface area (Å²) in [4.78, 5) is 0. The smallest absolute Gasteiger partial charge is 0.00134 e. The second-order valence-corrected chi connectivity index (χ2v) is 10.0. The highest BCUT2D eigenvalue weighted by molar-refractivity contribution is 6.41. The molecular weight excluding hydrogens is 432 g/mol. The summed E-state index contributed by atoms with van der Waals surface area (Å²) in [5.41, 5.74) is 2.63. The van der Waals surface area contributed by atoms with E-state index in [1.54, 1.807) is 0 Å². The first-order valence-corrected chi connectivity index (χ1v) is 12.6. The maximum Gasteiger partial charge on any atom is -0.00134 e. The first-order chi connectivity index (χ1) is 17.9. The van der Waals surface area contributed by atoms with Gasteiger partial charge in [-0.25, -0.2) is 0 Å². The highest BCUT2D eigenvalue weighted by Gasteiger charge is 2.21. The van der Waals surface area contributed by atoms with Gasteiger partial charge in [0.15, 0.2) is 0 Å². The van der Waals surface area contributed by atoms with Gasteiger partial charge in [0.25, 0.3) is 0 Å². The molecule has 0 bridgehead atoms. The van der Waals surface area contributed by atoms with Gasteiger partial charge >= 0.3 is 0 Å². The van der Waals surface area contributed by atoms with Gasteiger partial charge in [0.2, 0.25) is 0 Å². The van der Waals surface area contributed by atoms with Gasteiger partial charge in [-0.1, -0.05) is 109 Å². The largest absolute Gasteiger partial charge is 0.0622 e. The number of hydrogen-bond donors (Lipinski definition) is 0. The molecule has 0 N–H and O–H groups in total. The van der Waals surface area contributed by atoms with E-state index in [-0.39, 0.29) is 0 Å². The maximum atomic E-state index is 2.45. The summed E-state index contributed by atoms with van der Waals surface area (Å²) in [6.07, 6.45) is 0. The Balaban J connectivity index is 1.65. The number of fused-ring (bicyclic) bond motifs is 8. The normalized spacial score (nSPS) is 12.4. The molecule has 164 valence electrons. The summed E-state index contributed by atoms with van der Waals surface area (Å²) in [6.45, 7) is 0. The molecule has 0 aliphatic carbocycles. The lowest BCUT2D eigenvalue weighted by Gasteiger charge is -2.14. The highest BCUT2D eigenvalue weighted by Crippen LogP contribution is 2.50. The van der Waals surface area contributed by atoms with Crippen LogP contribution in [0.3, 0.4) is 0 Å². The predicted octanol–water partition coefficient (Wildman–Crippen LogP) is 10.3. The molecule has 0 heteroatoms. The average molecular weight is 453 g/mol. The SMILES string of the molecule is c1ccc(-c2c3c(cc4c5cccc6cccc(c24)c65)cc2c4ccccc4c4cccc3c42)cc1. The van der Waals surface area contributed by atoms with Crippen molar-refractivity contribution in [3.05, 3.63) is 121 Å². The summed E-state index contributed by atoms with van der Waals surface area (Å²) >= 11 is 0. The summed E-state index contributed by atoms with van der Waals surface area (Å²) < 4.78 is 0. The Hall–Kier alpha value is -4.68. The summed E-state index contributed by atoms with van der Waals surface area (Å²) in [6, 6.07) is 45.1. The Kier molecular flexibility index (Phi) is 3.36. The molecule has 0 radical (unpaired) electrons. The third-order valence-corrected chi connectivity index (χ3v) is 8.29. The second kappa shape index (κ2) is 6.50. The van der Waals surface area contributed by atoms with Crippen molar-refractivity contribution in [3.8, 4) is 11.1 Å². The first kappa shape index (κ1) is 18.6. The molecule has 0 unspecified atom stereocenters. The number of benzene rings is 7. The van der Waals surface area contributed by atoms with Crippen LogP contribution in [0.1, 0.15) is 0 Å². The predicted molar refractivity (Wildman–Crippen MR) is 157 cm³/mol. The van der Waals surface area contributed by atoms with E-state index in [9.17, 15) is 0 Å². The molecule has 36 heavy (non-hydrogen) atoms. The second-order valence-electron chi connectivity index (χ2n) is 10.0. The van der Waals surface area contributed by atoms with Crippen LogP contribution in [-0.4, -0.2) is 0 Å². The molecule has 9 rings (SSSR count). The van der Waals surface area contributed by atoms with Crippen LogP contribution >= 0.6 is 0 Å². The van der Waals surface area contributed by atoms with Crippen LogP contribution in [0.15, 0.2) is 121 Å². The fourth-order valence-corrected chi connectivity index (χ4v) is 6.94. The molecule has 0 aliphatic heterocycles.